The minimum absolute atomic E-state index is 0.163. The van der Waals surface area contributed by atoms with Gasteiger partial charge in [0, 0.05) is 0 Å². The number of halogens is 1. The number of carboxylic acid groups (broad SMARTS) is 1. The predicted octanol–water partition coefficient (Wildman–Crippen LogP) is 1.34. The van der Waals surface area contributed by atoms with Gasteiger partial charge in [-0.1, -0.05) is 13.0 Å². The third kappa shape index (κ3) is 3.02. The molecule has 0 bridgehead atoms. The van der Waals surface area contributed by atoms with E-state index in [9.17, 15) is 9.18 Å². The summed E-state index contributed by atoms with van der Waals surface area (Å²) in [5, 5.41) is 8.66. The van der Waals surface area contributed by atoms with Gasteiger partial charge in [-0.05, 0) is 36.1 Å². The van der Waals surface area contributed by atoms with Crippen LogP contribution in [0.15, 0.2) is 18.2 Å². The van der Waals surface area contributed by atoms with Gasteiger partial charge < -0.3 is 10.8 Å². The standard InChI is InChI=1S/C11H14FNO2/c1-2-7-3-4-9(12)5-8(7)6-10(13)11(14)15/h3-5,10H,2,6,13H2,1H3,(H,14,15). The molecule has 0 amide bonds. The van der Waals surface area contributed by atoms with Gasteiger partial charge in [-0.2, -0.15) is 0 Å². The highest BCUT2D eigenvalue weighted by molar-refractivity contribution is 5.73. The molecule has 3 N–H and O–H groups in total. The molecule has 0 aliphatic carbocycles. The molecule has 4 heteroatoms. The summed E-state index contributed by atoms with van der Waals surface area (Å²) in [5.74, 6) is -1.43. The summed E-state index contributed by atoms with van der Waals surface area (Å²) in [7, 11) is 0. The first-order valence-corrected chi connectivity index (χ1v) is 4.80. The molecule has 0 heterocycles. The fourth-order valence-corrected chi connectivity index (χ4v) is 1.45. The van der Waals surface area contributed by atoms with Crippen molar-refractivity contribution in [3.8, 4) is 0 Å². The SMILES string of the molecule is CCc1ccc(F)cc1CC(N)C(=O)O. The van der Waals surface area contributed by atoms with Gasteiger partial charge in [0.1, 0.15) is 11.9 Å². The number of carboxylic acids is 1. The maximum Gasteiger partial charge on any atom is 0.320 e. The first kappa shape index (κ1) is 11.7. The highest BCUT2D eigenvalue weighted by Crippen LogP contribution is 2.13. The average molecular weight is 211 g/mol. The van der Waals surface area contributed by atoms with Gasteiger partial charge in [-0.15, -0.1) is 0 Å². The van der Waals surface area contributed by atoms with Crippen LogP contribution in [0.2, 0.25) is 0 Å². The van der Waals surface area contributed by atoms with Crippen molar-refractivity contribution in [2.75, 3.05) is 0 Å². The summed E-state index contributed by atoms with van der Waals surface area (Å²) in [6.07, 6.45) is 0.901. The molecule has 0 aromatic heterocycles. The summed E-state index contributed by atoms with van der Waals surface area (Å²) in [4.78, 5) is 10.6. The van der Waals surface area contributed by atoms with Crippen molar-refractivity contribution in [3.63, 3.8) is 0 Å². The first-order valence-electron chi connectivity index (χ1n) is 4.80. The third-order valence-corrected chi connectivity index (χ3v) is 2.31. The Morgan fingerprint density at radius 1 is 1.53 bits per heavy atom. The van der Waals surface area contributed by atoms with Crippen molar-refractivity contribution in [2.45, 2.75) is 25.8 Å². The molecule has 0 saturated heterocycles. The van der Waals surface area contributed by atoms with Crippen LogP contribution in [-0.4, -0.2) is 17.1 Å². The lowest BCUT2D eigenvalue weighted by atomic mass is 9.99. The van der Waals surface area contributed by atoms with Gasteiger partial charge in [0.2, 0.25) is 0 Å². The van der Waals surface area contributed by atoms with Crippen molar-refractivity contribution < 1.29 is 14.3 Å². The molecule has 0 radical (unpaired) electrons. The van der Waals surface area contributed by atoms with Gasteiger partial charge in [-0.3, -0.25) is 4.79 Å². The number of aliphatic carboxylic acids is 1. The van der Waals surface area contributed by atoms with E-state index in [1.807, 2.05) is 6.92 Å². The number of nitrogens with two attached hydrogens (primary N) is 1. The molecule has 82 valence electrons. The molecule has 1 rings (SSSR count). The van der Waals surface area contributed by atoms with Crippen LogP contribution in [0.4, 0.5) is 4.39 Å². The lowest BCUT2D eigenvalue weighted by Crippen LogP contribution is -2.32. The molecule has 0 spiro atoms. The Balaban J connectivity index is 2.91. The molecule has 1 atom stereocenters. The van der Waals surface area contributed by atoms with E-state index in [1.54, 1.807) is 6.07 Å². The van der Waals surface area contributed by atoms with Crippen LogP contribution in [0, 0.1) is 5.82 Å². The minimum Gasteiger partial charge on any atom is -0.480 e. The maximum atomic E-state index is 12.9. The average Bonchev–Trinajstić information content (AvgIpc) is 2.18. The maximum absolute atomic E-state index is 12.9. The lowest BCUT2D eigenvalue weighted by Gasteiger charge is -2.10. The Kier molecular flexibility index (Phi) is 3.80. The van der Waals surface area contributed by atoms with E-state index in [0.717, 1.165) is 12.0 Å². The molecule has 15 heavy (non-hydrogen) atoms. The number of rotatable bonds is 4. The van der Waals surface area contributed by atoms with E-state index in [-0.39, 0.29) is 12.2 Å². The number of benzene rings is 1. The molecule has 1 aromatic carbocycles. The molecule has 0 fully saturated rings. The molecule has 0 aliphatic rings. The fraction of sp³-hybridized carbons (Fsp3) is 0.364. The van der Waals surface area contributed by atoms with Crippen LogP contribution >= 0.6 is 0 Å². The molecule has 1 aromatic rings. The highest BCUT2D eigenvalue weighted by Gasteiger charge is 2.14. The Morgan fingerprint density at radius 2 is 2.20 bits per heavy atom. The van der Waals surface area contributed by atoms with Gasteiger partial charge in [0.05, 0.1) is 0 Å². The Labute approximate surface area is 87.7 Å². The Morgan fingerprint density at radius 3 is 2.73 bits per heavy atom. The van der Waals surface area contributed by atoms with Gasteiger partial charge in [0.25, 0.3) is 0 Å². The number of hydrogen-bond donors (Lipinski definition) is 2. The van der Waals surface area contributed by atoms with Crippen LogP contribution < -0.4 is 5.73 Å². The van der Waals surface area contributed by atoms with Crippen LogP contribution in [0.3, 0.4) is 0 Å². The monoisotopic (exact) mass is 211 g/mol. The molecular weight excluding hydrogens is 197 g/mol. The normalized spacial score (nSPS) is 12.5. The van der Waals surface area contributed by atoms with E-state index in [1.165, 1.54) is 12.1 Å². The van der Waals surface area contributed by atoms with E-state index in [0.29, 0.717) is 5.56 Å². The van der Waals surface area contributed by atoms with Crippen molar-refractivity contribution in [1.82, 2.24) is 0 Å². The number of hydrogen-bond acceptors (Lipinski definition) is 2. The summed E-state index contributed by atoms with van der Waals surface area (Å²) < 4.78 is 12.9. The molecule has 3 nitrogen and oxygen atoms in total. The smallest absolute Gasteiger partial charge is 0.320 e. The summed E-state index contributed by atoms with van der Waals surface area (Å²) >= 11 is 0. The number of carbonyl (C=O) groups is 1. The van der Waals surface area contributed by atoms with Crippen molar-refractivity contribution >= 4 is 5.97 Å². The van der Waals surface area contributed by atoms with Crippen molar-refractivity contribution in [1.29, 1.82) is 0 Å². The second kappa shape index (κ2) is 4.89. The van der Waals surface area contributed by atoms with Crippen LogP contribution in [0.25, 0.3) is 0 Å². The second-order valence-electron chi connectivity index (χ2n) is 3.42. The van der Waals surface area contributed by atoms with E-state index >= 15 is 0 Å². The third-order valence-electron chi connectivity index (χ3n) is 2.31. The van der Waals surface area contributed by atoms with Crippen LogP contribution in [0.1, 0.15) is 18.1 Å². The molecule has 0 aliphatic heterocycles. The summed E-state index contributed by atoms with van der Waals surface area (Å²) in [5.41, 5.74) is 7.01. The minimum atomic E-state index is -1.07. The topological polar surface area (TPSA) is 63.3 Å². The highest BCUT2D eigenvalue weighted by atomic mass is 19.1. The molecule has 0 saturated carbocycles. The van der Waals surface area contributed by atoms with Gasteiger partial charge in [-0.25, -0.2) is 4.39 Å². The molecule has 1 unspecified atom stereocenters. The van der Waals surface area contributed by atoms with Crippen molar-refractivity contribution in [2.24, 2.45) is 5.73 Å². The molecular formula is C11H14FNO2. The van der Waals surface area contributed by atoms with E-state index in [2.05, 4.69) is 0 Å². The largest absolute Gasteiger partial charge is 0.480 e. The second-order valence-corrected chi connectivity index (χ2v) is 3.42. The number of aryl methyl sites for hydroxylation is 1. The summed E-state index contributed by atoms with van der Waals surface area (Å²) in [6.45, 7) is 1.93. The summed E-state index contributed by atoms with van der Waals surface area (Å²) in [6, 6.07) is 3.41. The van der Waals surface area contributed by atoms with Crippen LogP contribution in [0.5, 0.6) is 0 Å². The van der Waals surface area contributed by atoms with Gasteiger partial charge in [0.15, 0.2) is 0 Å². The first-order chi connectivity index (χ1) is 7.04. The van der Waals surface area contributed by atoms with E-state index < -0.39 is 12.0 Å². The zero-order valence-electron chi connectivity index (χ0n) is 8.53. The Hall–Kier alpha value is -1.42. The predicted molar refractivity (Wildman–Crippen MR) is 55.1 cm³/mol. The van der Waals surface area contributed by atoms with E-state index in [4.69, 9.17) is 10.8 Å². The lowest BCUT2D eigenvalue weighted by molar-refractivity contribution is -0.138. The van der Waals surface area contributed by atoms with Crippen molar-refractivity contribution in [3.05, 3.63) is 35.1 Å². The quantitative estimate of drug-likeness (QED) is 0.790. The zero-order chi connectivity index (χ0) is 11.4. The Bertz CT molecular complexity index is 366. The van der Waals surface area contributed by atoms with Gasteiger partial charge >= 0.3 is 5.97 Å². The zero-order valence-corrected chi connectivity index (χ0v) is 8.53. The van der Waals surface area contributed by atoms with Crippen LogP contribution in [-0.2, 0) is 17.6 Å². The fourth-order valence-electron chi connectivity index (χ4n) is 1.45.